The summed E-state index contributed by atoms with van der Waals surface area (Å²) in [4.78, 5) is 29.1. The van der Waals surface area contributed by atoms with Crippen molar-refractivity contribution in [1.82, 2.24) is 15.2 Å². The highest BCUT2D eigenvalue weighted by Crippen LogP contribution is 2.20. The first kappa shape index (κ1) is 17.1. The molecule has 7 heteroatoms. The van der Waals surface area contributed by atoms with Crippen LogP contribution in [-0.2, 0) is 4.74 Å². The van der Waals surface area contributed by atoms with Crippen molar-refractivity contribution in [3.05, 3.63) is 24.0 Å². The summed E-state index contributed by atoms with van der Waals surface area (Å²) >= 11 is 0. The standard InChI is InChI=1S/C16H23N3O4/c1-16(2,3)23-15(21)19-8-7-12(10-19)22-11-5-6-13(18-9-11)14(20)17-4/h5-6,9,12H,7-8,10H2,1-4H3,(H,17,20)/t12-/m0/s1. The number of amides is 2. The molecule has 0 unspecified atom stereocenters. The number of aromatic nitrogens is 1. The van der Waals surface area contributed by atoms with Gasteiger partial charge in [0.15, 0.2) is 0 Å². The molecule has 1 saturated heterocycles. The predicted octanol–water partition coefficient (Wildman–Crippen LogP) is 1.83. The Morgan fingerprint density at radius 1 is 1.35 bits per heavy atom. The van der Waals surface area contributed by atoms with Crippen molar-refractivity contribution in [3.63, 3.8) is 0 Å². The molecule has 2 heterocycles. The van der Waals surface area contributed by atoms with E-state index in [1.54, 1.807) is 24.1 Å². The fourth-order valence-electron chi connectivity index (χ4n) is 2.22. The number of pyridine rings is 1. The molecule has 1 aromatic heterocycles. The summed E-state index contributed by atoms with van der Waals surface area (Å²) in [5.74, 6) is 0.335. The second-order valence-electron chi connectivity index (χ2n) is 6.41. The Bertz CT molecular complexity index is 566. The van der Waals surface area contributed by atoms with Crippen LogP contribution in [0.3, 0.4) is 0 Å². The largest absolute Gasteiger partial charge is 0.487 e. The van der Waals surface area contributed by atoms with E-state index in [0.717, 1.165) is 6.42 Å². The second kappa shape index (κ2) is 6.85. The summed E-state index contributed by atoms with van der Waals surface area (Å²) in [5, 5.41) is 2.51. The molecule has 1 fully saturated rings. The van der Waals surface area contributed by atoms with Gasteiger partial charge in [0, 0.05) is 20.0 Å². The summed E-state index contributed by atoms with van der Waals surface area (Å²) in [6.07, 6.45) is 1.82. The molecule has 2 rings (SSSR count). The summed E-state index contributed by atoms with van der Waals surface area (Å²) in [5.41, 5.74) is -0.169. The Morgan fingerprint density at radius 3 is 2.65 bits per heavy atom. The Morgan fingerprint density at radius 2 is 2.09 bits per heavy atom. The van der Waals surface area contributed by atoms with E-state index in [4.69, 9.17) is 9.47 Å². The summed E-state index contributed by atoms with van der Waals surface area (Å²) in [6, 6.07) is 3.31. The minimum absolute atomic E-state index is 0.102. The smallest absolute Gasteiger partial charge is 0.410 e. The van der Waals surface area contributed by atoms with Crippen LogP contribution in [0.25, 0.3) is 0 Å². The number of nitrogens with one attached hydrogen (secondary N) is 1. The van der Waals surface area contributed by atoms with E-state index in [1.807, 2.05) is 20.8 Å². The average Bonchev–Trinajstić information content (AvgIpc) is 2.94. The lowest BCUT2D eigenvalue weighted by Gasteiger charge is -2.24. The average molecular weight is 321 g/mol. The maximum absolute atomic E-state index is 12.0. The van der Waals surface area contributed by atoms with E-state index in [9.17, 15) is 9.59 Å². The zero-order valence-electron chi connectivity index (χ0n) is 14.0. The molecule has 1 aliphatic rings. The number of ether oxygens (including phenoxy) is 2. The Balaban J connectivity index is 1.88. The van der Waals surface area contributed by atoms with Gasteiger partial charge in [0.1, 0.15) is 23.1 Å². The van der Waals surface area contributed by atoms with Gasteiger partial charge in [-0.05, 0) is 32.9 Å². The first-order valence-corrected chi connectivity index (χ1v) is 7.61. The summed E-state index contributed by atoms with van der Waals surface area (Å²) in [7, 11) is 1.55. The quantitative estimate of drug-likeness (QED) is 0.918. The first-order valence-electron chi connectivity index (χ1n) is 7.61. The summed E-state index contributed by atoms with van der Waals surface area (Å²) < 4.78 is 11.2. The number of hydrogen-bond acceptors (Lipinski definition) is 5. The van der Waals surface area contributed by atoms with Crippen LogP contribution in [0.5, 0.6) is 5.75 Å². The summed E-state index contributed by atoms with van der Waals surface area (Å²) in [6.45, 7) is 6.60. The predicted molar refractivity (Wildman–Crippen MR) is 84.5 cm³/mol. The third-order valence-electron chi connectivity index (χ3n) is 3.30. The minimum Gasteiger partial charge on any atom is -0.487 e. The molecular formula is C16H23N3O4. The van der Waals surface area contributed by atoms with Crippen molar-refractivity contribution in [1.29, 1.82) is 0 Å². The van der Waals surface area contributed by atoms with E-state index in [2.05, 4.69) is 10.3 Å². The van der Waals surface area contributed by atoms with Gasteiger partial charge in [-0.25, -0.2) is 9.78 Å². The molecule has 2 amide bonds. The number of hydrogen-bond donors (Lipinski definition) is 1. The Labute approximate surface area is 136 Å². The van der Waals surface area contributed by atoms with Gasteiger partial charge >= 0.3 is 6.09 Å². The molecule has 0 aliphatic carbocycles. The lowest BCUT2D eigenvalue weighted by molar-refractivity contribution is 0.0275. The molecule has 0 spiro atoms. The third-order valence-corrected chi connectivity index (χ3v) is 3.30. The highest BCUT2D eigenvalue weighted by Gasteiger charge is 2.30. The van der Waals surface area contributed by atoms with Crippen LogP contribution >= 0.6 is 0 Å². The number of rotatable bonds is 3. The monoisotopic (exact) mass is 321 g/mol. The maximum atomic E-state index is 12.0. The fourth-order valence-corrected chi connectivity index (χ4v) is 2.22. The van der Waals surface area contributed by atoms with E-state index >= 15 is 0 Å². The lowest BCUT2D eigenvalue weighted by Crippen LogP contribution is -2.36. The van der Waals surface area contributed by atoms with Gasteiger partial charge in [-0.15, -0.1) is 0 Å². The van der Waals surface area contributed by atoms with Crippen LogP contribution in [0.4, 0.5) is 4.79 Å². The Kier molecular flexibility index (Phi) is 5.08. The molecule has 1 N–H and O–H groups in total. The van der Waals surface area contributed by atoms with Crippen LogP contribution in [-0.4, -0.2) is 53.7 Å². The molecule has 1 aliphatic heterocycles. The van der Waals surface area contributed by atoms with Gasteiger partial charge in [-0.2, -0.15) is 0 Å². The van der Waals surface area contributed by atoms with Gasteiger partial charge in [0.2, 0.25) is 0 Å². The number of carbonyl (C=O) groups excluding carboxylic acids is 2. The third kappa shape index (κ3) is 4.84. The van der Waals surface area contributed by atoms with Gasteiger partial charge in [-0.3, -0.25) is 4.79 Å². The van der Waals surface area contributed by atoms with E-state index < -0.39 is 5.60 Å². The molecule has 1 aromatic rings. The molecule has 0 aromatic carbocycles. The molecule has 126 valence electrons. The normalized spacial score (nSPS) is 17.7. The molecule has 23 heavy (non-hydrogen) atoms. The number of carbonyl (C=O) groups is 2. The van der Waals surface area contributed by atoms with Crippen LogP contribution in [0.15, 0.2) is 18.3 Å². The van der Waals surface area contributed by atoms with Crippen LogP contribution in [0, 0.1) is 0 Å². The van der Waals surface area contributed by atoms with Crippen molar-refractivity contribution in [2.24, 2.45) is 0 Å². The minimum atomic E-state index is -0.504. The van der Waals surface area contributed by atoms with Gasteiger partial charge in [0.05, 0.1) is 12.7 Å². The lowest BCUT2D eigenvalue weighted by atomic mass is 10.2. The van der Waals surface area contributed by atoms with E-state index in [0.29, 0.717) is 24.5 Å². The molecule has 1 atom stereocenters. The fraction of sp³-hybridized carbons (Fsp3) is 0.562. The van der Waals surface area contributed by atoms with Crippen molar-refractivity contribution in [2.45, 2.75) is 38.9 Å². The topological polar surface area (TPSA) is 80.8 Å². The highest BCUT2D eigenvalue weighted by atomic mass is 16.6. The highest BCUT2D eigenvalue weighted by molar-refractivity contribution is 5.91. The molecular weight excluding hydrogens is 298 g/mol. The van der Waals surface area contributed by atoms with Crippen molar-refractivity contribution in [3.8, 4) is 5.75 Å². The van der Waals surface area contributed by atoms with Crippen LogP contribution < -0.4 is 10.1 Å². The van der Waals surface area contributed by atoms with E-state index in [1.165, 1.54) is 6.20 Å². The van der Waals surface area contributed by atoms with Crippen molar-refractivity contribution >= 4 is 12.0 Å². The zero-order chi connectivity index (χ0) is 17.0. The van der Waals surface area contributed by atoms with Crippen LogP contribution in [0.1, 0.15) is 37.7 Å². The van der Waals surface area contributed by atoms with E-state index in [-0.39, 0.29) is 18.1 Å². The van der Waals surface area contributed by atoms with Crippen molar-refractivity contribution in [2.75, 3.05) is 20.1 Å². The first-order chi connectivity index (χ1) is 10.8. The van der Waals surface area contributed by atoms with Gasteiger partial charge < -0.3 is 19.7 Å². The molecule has 0 radical (unpaired) electrons. The van der Waals surface area contributed by atoms with Crippen LogP contribution in [0.2, 0.25) is 0 Å². The SMILES string of the molecule is CNC(=O)c1ccc(O[C@H]2CCN(C(=O)OC(C)(C)C)C2)cn1. The van der Waals surface area contributed by atoms with Gasteiger partial charge in [0.25, 0.3) is 5.91 Å². The zero-order valence-corrected chi connectivity index (χ0v) is 14.0. The maximum Gasteiger partial charge on any atom is 0.410 e. The molecule has 0 saturated carbocycles. The number of nitrogens with zero attached hydrogens (tertiary/aromatic N) is 2. The number of likely N-dealkylation sites (tertiary alicyclic amines) is 1. The second-order valence-corrected chi connectivity index (χ2v) is 6.41. The molecule has 7 nitrogen and oxygen atoms in total. The molecule has 0 bridgehead atoms. The Hall–Kier alpha value is -2.31. The van der Waals surface area contributed by atoms with Gasteiger partial charge in [-0.1, -0.05) is 0 Å². The van der Waals surface area contributed by atoms with Crippen molar-refractivity contribution < 1.29 is 19.1 Å².